The van der Waals surface area contributed by atoms with E-state index in [0.717, 1.165) is 32.0 Å². The largest absolute Gasteiger partial charge is 0.475 e. The number of hydrogen-bond acceptors (Lipinski definition) is 16. The smallest absolute Gasteiger partial charge is 0.274 e. The summed E-state index contributed by atoms with van der Waals surface area (Å²) >= 11 is 0. The predicted molar refractivity (Wildman–Crippen MR) is 515 cm³/mol. The highest BCUT2D eigenvalue weighted by Gasteiger charge is 2.36. The van der Waals surface area contributed by atoms with Gasteiger partial charge in [-0.1, -0.05) is 274 Å². The van der Waals surface area contributed by atoms with Crippen LogP contribution in [0, 0.1) is 23.7 Å². The van der Waals surface area contributed by atoms with E-state index in [0.29, 0.717) is 151 Å². The van der Waals surface area contributed by atoms with Crippen LogP contribution in [-0.2, 0) is 18.9 Å². The second-order valence-corrected chi connectivity index (χ2v) is 36.9. The molecule has 4 aliphatic rings. The maximum Gasteiger partial charge on any atom is 0.274 e. The third kappa shape index (κ3) is 18.0. The molecule has 18 rings (SSSR count). The van der Waals surface area contributed by atoms with Gasteiger partial charge >= 0.3 is 0 Å². The lowest BCUT2D eigenvalue weighted by Crippen LogP contribution is -2.21. The lowest BCUT2D eigenvalue weighted by molar-refractivity contribution is 0.0998. The number of ether oxygens (including phenoxy) is 4. The van der Waals surface area contributed by atoms with Gasteiger partial charge in [-0.15, -0.1) is 0 Å². The van der Waals surface area contributed by atoms with Crippen LogP contribution in [0.15, 0.2) is 323 Å². The Morgan fingerprint density at radius 2 is 0.531 bits per heavy atom. The molecule has 4 N–H and O–H groups in total. The molecule has 22 heteroatoms. The van der Waals surface area contributed by atoms with Crippen LogP contribution in [0.3, 0.4) is 0 Å². The predicted octanol–water partition coefficient (Wildman–Crippen LogP) is 20.9. The fraction of sp³-hybridized carbons (Fsp3) is 0.189. The van der Waals surface area contributed by atoms with Crippen molar-refractivity contribution in [3.63, 3.8) is 0 Å². The average molecular weight is 1730 g/mol. The monoisotopic (exact) mass is 1730 g/mol. The quantitative estimate of drug-likeness (QED) is 0.0351. The molecule has 0 spiro atoms. The second kappa shape index (κ2) is 37.5. The Balaban J connectivity index is 0.912. The number of aliphatic imine (C=N–C) groups is 4. The van der Waals surface area contributed by atoms with Crippen molar-refractivity contribution in [2.75, 3.05) is 47.7 Å². The SMILES string of the molecule is CC(C)[C@H]1COC(c2ccccc2NC(=O)c2cc(-c3cc4ccccc4c(-c4c(OP(c5ccccc5)c5ccccc5)c(-c5cc(C(=O)Nc6ccccc6C6=N[C@@H](C(C)C)CO6)nc(C(=O)Nc6ccccc6C6=N[C@@H](C(C)C)CO6)c5)cc5ccccc45)c3OP(c3ccccc3)c3ccccc3)cc(C(=O)Nc3ccccc3C3=N[C@@H](C(C)C)CO3)n2)=N1. The van der Waals surface area contributed by atoms with Crippen LogP contribution in [0.2, 0.25) is 0 Å². The lowest BCUT2D eigenvalue weighted by Gasteiger charge is -2.29. The van der Waals surface area contributed by atoms with Crippen LogP contribution in [0.5, 0.6) is 11.5 Å². The molecule has 12 aromatic carbocycles. The van der Waals surface area contributed by atoms with Gasteiger partial charge in [0.2, 0.25) is 23.6 Å². The fourth-order valence-electron chi connectivity index (χ4n) is 15.9. The first kappa shape index (κ1) is 84.5. The van der Waals surface area contributed by atoms with E-state index in [9.17, 15) is 0 Å². The van der Waals surface area contributed by atoms with Gasteiger partial charge in [-0.05, 0) is 141 Å². The summed E-state index contributed by atoms with van der Waals surface area (Å²) < 4.78 is 41.7. The van der Waals surface area contributed by atoms with Crippen molar-refractivity contribution in [2.24, 2.45) is 43.6 Å². The van der Waals surface area contributed by atoms with Crippen LogP contribution in [-0.4, -0.2) is 108 Å². The Labute approximate surface area is 745 Å². The second-order valence-electron chi connectivity index (χ2n) is 33.3. The fourth-order valence-corrected chi connectivity index (χ4v) is 19.5. The van der Waals surface area contributed by atoms with Crippen molar-refractivity contribution >= 4 is 129 Å². The Hall–Kier alpha value is -14.3. The van der Waals surface area contributed by atoms with Crippen LogP contribution < -0.4 is 51.5 Å². The minimum absolute atomic E-state index is 0.107. The first-order valence-electron chi connectivity index (χ1n) is 43.2. The summed E-state index contributed by atoms with van der Waals surface area (Å²) in [7, 11) is -3.80. The van der Waals surface area contributed by atoms with E-state index in [1.165, 1.54) is 0 Å². The molecular formula is C106H94N10O10P2. The summed E-state index contributed by atoms with van der Waals surface area (Å²) in [6.07, 6.45) is 0. The summed E-state index contributed by atoms with van der Waals surface area (Å²) in [5.41, 5.74) is 6.09. The summed E-state index contributed by atoms with van der Waals surface area (Å²) in [5.74, 6) is 0.356. The number of rotatable bonds is 27. The van der Waals surface area contributed by atoms with Crippen molar-refractivity contribution in [3.05, 3.63) is 348 Å². The van der Waals surface area contributed by atoms with Gasteiger partial charge in [-0.25, -0.2) is 29.9 Å². The zero-order chi connectivity index (χ0) is 88.1. The minimum atomic E-state index is -1.90. The van der Waals surface area contributed by atoms with E-state index < -0.39 is 39.9 Å². The van der Waals surface area contributed by atoms with E-state index in [4.69, 9.17) is 57.9 Å². The van der Waals surface area contributed by atoms with Gasteiger partial charge in [0.05, 0.1) is 69.2 Å². The highest BCUT2D eigenvalue weighted by atomic mass is 31.1. The van der Waals surface area contributed by atoms with Gasteiger partial charge in [0, 0.05) is 43.5 Å². The van der Waals surface area contributed by atoms with Gasteiger partial charge in [0.15, 0.2) is 16.3 Å². The van der Waals surface area contributed by atoms with E-state index in [1.807, 2.05) is 194 Å². The normalized spacial score (nSPS) is 15.9. The molecule has 0 saturated carbocycles. The number of pyridine rings is 2. The van der Waals surface area contributed by atoms with Crippen molar-refractivity contribution in [1.82, 2.24) is 9.97 Å². The Morgan fingerprint density at radius 3 is 0.781 bits per heavy atom. The molecule has 0 bridgehead atoms. The number of nitrogens with one attached hydrogen (secondary N) is 4. The maximum absolute atomic E-state index is 16.0. The number of hydrogen-bond donors (Lipinski definition) is 4. The molecule has 6 heterocycles. The number of amides is 4. The number of nitrogens with zero attached hydrogens (tertiary/aromatic N) is 6. The topological polar surface area (TPSA) is 247 Å². The molecule has 638 valence electrons. The third-order valence-electron chi connectivity index (χ3n) is 23.2. The third-order valence-corrected chi connectivity index (χ3v) is 27.0. The highest BCUT2D eigenvalue weighted by Crippen LogP contribution is 2.58. The van der Waals surface area contributed by atoms with E-state index in [2.05, 4.69) is 137 Å². The van der Waals surface area contributed by atoms with Gasteiger partial charge in [-0.3, -0.25) is 19.2 Å². The van der Waals surface area contributed by atoms with Gasteiger partial charge in [0.25, 0.3) is 23.6 Å². The molecule has 0 unspecified atom stereocenters. The van der Waals surface area contributed by atoms with Gasteiger partial charge in [0.1, 0.15) is 60.7 Å². The molecular weight excluding hydrogens is 1640 g/mol. The summed E-state index contributed by atoms with van der Waals surface area (Å²) in [4.78, 5) is 94.0. The minimum Gasteiger partial charge on any atom is -0.475 e. The molecule has 4 aliphatic heterocycles. The Bertz CT molecular complexity index is 6010. The Kier molecular flexibility index (Phi) is 24.7. The van der Waals surface area contributed by atoms with E-state index in [-0.39, 0.29) is 70.6 Å². The number of carbonyl (C=O) groups excluding carboxylic acids is 4. The number of anilines is 4. The molecule has 0 fully saturated rings. The molecule has 4 amide bonds. The molecule has 0 saturated heterocycles. The van der Waals surface area contributed by atoms with Crippen LogP contribution in [0.4, 0.5) is 22.7 Å². The number of aromatic nitrogens is 2. The molecule has 2 aromatic heterocycles. The molecule has 0 radical (unpaired) electrons. The van der Waals surface area contributed by atoms with Crippen molar-refractivity contribution in [1.29, 1.82) is 0 Å². The highest BCUT2D eigenvalue weighted by molar-refractivity contribution is 7.69. The maximum atomic E-state index is 16.0. The zero-order valence-electron chi connectivity index (χ0n) is 72.0. The summed E-state index contributed by atoms with van der Waals surface area (Å²) in [6.45, 7) is 18.2. The summed E-state index contributed by atoms with van der Waals surface area (Å²) in [6, 6.07) is 96.1. The number of fused-ring (bicyclic) bond motifs is 2. The lowest BCUT2D eigenvalue weighted by atomic mass is 9.86. The van der Waals surface area contributed by atoms with Crippen molar-refractivity contribution in [2.45, 2.75) is 79.6 Å². The Morgan fingerprint density at radius 1 is 0.297 bits per heavy atom. The van der Waals surface area contributed by atoms with Crippen LogP contribution >= 0.6 is 16.3 Å². The molecule has 20 nitrogen and oxygen atoms in total. The first-order chi connectivity index (χ1) is 62.4. The standard InChI is InChI=1S/C106H94N10O10P2/c1-63(2)91-59-121-103(113-91)77-45-25-29-49-83(77)109-99(117)87-55-69(56-88(107-87)100(118)110-84-50-30-26-46-78(84)104-114-92(60-122-104)64(3)4)81-53-67-33-21-23-43-75(67)95(97(81)125-127(71-35-13-9-14-36-71)72-37-15-10-16-38-72)96-76-44-24-22-34-68(76)54-82(98(96)126-128(73-39-17-11-18-40-73)74-41-19-12-20-42-74)70-57-89(101(119)111-85-51-31-27-47-79(85)105-115-93(61-123-105)65(5)6)108-90(58-70)102(120)112-86-52-32-28-48-80(86)106-116-94(62-124-106)66(7)8/h9-58,63-66,91-94H,59-62H2,1-8H3,(H,109,117)(H,110,118)(H,111,119)(H,112,120)/t91-,92-,93-,94-/m1/s1. The van der Waals surface area contributed by atoms with E-state index in [1.54, 1.807) is 48.5 Å². The molecule has 0 aliphatic carbocycles. The molecule has 14 aromatic rings. The van der Waals surface area contributed by atoms with Crippen molar-refractivity contribution < 1.29 is 47.2 Å². The average Bonchev–Trinajstić information content (AvgIpc) is 0.863. The number of carbonyl (C=O) groups is 4. The zero-order valence-corrected chi connectivity index (χ0v) is 73.8. The van der Waals surface area contributed by atoms with Crippen LogP contribution in [0.1, 0.15) is 120 Å². The molecule has 4 atom stereocenters. The van der Waals surface area contributed by atoms with Gasteiger partial charge in [-0.2, -0.15) is 0 Å². The van der Waals surface area contributed by atoms with Crippen LogP contribution in [0.25, 0.3) is 54.9 Å². The number of benzene rings is 12. The summed E-state index contributed by atoms with van der Waals surface area (Å²) in [5, 5.41) is 19.1. The first-order valence-corrected chi connectivity index (χ1v) is 45.7. The van der Waals surface area contributed by atoms with Gasteiger partial charge < -0.3 is 49.3 Å². The number of para-hydroxylation sites is 4. The van der Waals surface area contributed by atoms with Crippen molar-refractivity contribution in [3.8, 4) is 44.9 Å². The molecule has 128 heavy (non-hydrogen) atoms. The van der Waals surface area contributed by atoms with E-state index >= 15 is 19.2 Å².